The van der Waals surface area contributed by atoms with Crippen LogP contribution in [0.4, 0.5) is 32.0 Å². The number of likely N-dealkylation sites (tertiary alicyclic amines) is 1. The summed E-state index contributed by atoms with van der Waals surface area (Å²) >= 11 is 0. The quantitative estimate of drug-likeness (QED) is 0.684. The zero-order valence-electron chi connectivity index (χ0n) is 16.5. The number of halogens is 6. The molecule has 0 aliphatic carbocycles. The van der Waals surface area contributed by atoms with Gasteiger partial charge < -0.3 is 16.0 Å². The normalized spacial score (nSPS) is 17.9. The highest BCUT2D eigenvalue weighted by atomic mass is 19.4. The van der Waals surface area contributed by atoms with E-state index in [0.29, 0.717) is 25.1 Å². The highest BCUT2D eigenvalue weighted by Gasteiger charge is 2.38. The highest BCUT2D eigenvalue weighted by Crippen LogP contribution is 2.37. The summed E-state index contributed by atoms with van der Waals surface area (Å²) in [5, 5.41) is 2.12. The van der Waals surface area contributed by atoms with Crippen molar-refractivity contribution < 1.29 is 35.9 Å². The summed E-state index contributed by atoms with van der Waals surface area (Å²) in [5.74, 6) is -1.14. The van der Waals surface area contributed by atoms with E-state index >= 15 is 0 Å². The van der Waals surface area contributed by atoms with Gasteiger partial charge in [0.1, 0.15) is 0 Å². The molecule has 1 aliphatic rings. The van der Waals surface area contributed by atoms with Crippen molar-refractivity contribution >= 4 is 17.5 Å². The Bertz CT molecular complexity index is 772. The Morgan fingerprint density at radius 2 is 1.60 bits per heavy atom. The number of nitrogens with two attached hydrogens (primary N) is 1. The van der Waals surface area contributed by atoms with E-state index < -0.39 is 40.5 Å². The molecule has 1 unspecified atom stereocenters. The Hall–Kier alpha value is -2.30. The number of carbonyl (C=O) groups excluding carboxylic acids is 2. The van der Waals surface area contributed by atoms with Crippen LogP contribution in [0, 0.1) is 11.3 Å². The third-order valence-electron chi connectivity index (χ3n) is 5.01. The minimum absolute atomic E-state index is 0.00465. The maximum absolute atomic E-state index is 12.9. The minimum atomic E-state index is -5.00. The number of hydrogen-bond donors (Lipinski definition) is 2. The lowest BCUT2D eigenvalue weighted by molar-refractivity contribution is -0.143. The SMILES string of the molecule is CC(C)(CN)C(=O)N1CCC(CC(=O)Nc2cc(C(F)(F)F)cc(C(F)(F)F)c2)C1. The maximum Gasteiger partial charge on any atom is 0.416 e. The second kappa shape index (κ2) is 8.44. The van der Waals surface area contributed by atoms with Gasteiger partial charge in [0, 0.05) is 31.7 Å². The van der Waals surface area contributed by atoms with E-state index in [0.717, 1.165) is 0 Å². The van der Waals surface area contributed by atoms with Crippen molar-refractivity contribution in [1.82, 2.24) is 4.90 Å². The molecule has 1 saturated heterocycles. The molecule has 5 nitrogen and oxygen atoms in total. The van der Waals surface area contributed by atoms with Crippen molar-refractivity contribution in [3.63, 3.8) is 0 Å². The van der Waals surface area contributed by atoms with Crippen LogP contribution < -0.4 is 11.1 Å². The van der Waals surface area contributed by atoms with Crippen molar-refractivity contribution in [1.29, 1.82) is 0 Å². The third kappa shape index (κ3) is 5.87. The van der Waals surface area contributed by atoms with Gasteiger partial charge in [-0.3, -0.25) is 9.59 Å². The van der Waals surface area contributed by atoms with Gasteiger partial charge in [0.05, 0.1) is 16.5 Å². The monoisotopic (exact) mass is 439 g/mol. The Labute approximate surface area is 169 Å². The van der Waals surface area contributed by atoms with Gasteiger partial charge in [-0.1, -0.05) is 0 Å². The summed E-state index contributed by atoms with van der Waals surface area (Å²) < 4.78 is 77.5. The first-order valence-corrected chi connectivity index (χ1v) is 9.22. The van der Waals surface area contributed by atoms with Crippen LogP contribution in [0.1, 0.15) is 37.8 Å². The molecule has 168 valence electrons. The molecule has 1 aromatic carbocycles. The van der Waals surface area contributed by atoms with E-state index in [4.69, 9.17) is 5.73 Å². The minimum Gasteiger partial charge on any atom is -0.342 e. The smallest absolute Gasteiger partial charge is 0.342 e. The topological polar surface area (TPSA) is 75.4 Å². The number of hydrogen-bond acceptors (Lipinski definition) is 3. The lowest BCUT2D eigenvalue weighted by Crippen LogP contribution is -2.43. The lowest BCUT2D eigenvalue weighted by atomic mass is 9.92. The summed E-state index contributed by atoms with van der Waals surface area (Å²) in [5.41, 5.74) is 1.23. The molecule has 0 saturated carbocycles. The van der Waals surface area contributed by atoms with Gasteiger partial charge >= 0.3 is 12.4 Å². The fraction of sp³-hybridized carbons (Fsp3) is 0.579. The van der Waals surface area contributed by atoms with E-state index in [1.165, 1.54) is 0 Å². The van der Waals surface area contributed by atoms with Crippen molar-refractivity contribution in [2.24, 2.45) is 17.1 Å². The fourth-order valence-electron chi connectivity index (χ4n) is 3.20. The van der Waals surface area contributed by atoms with Crippen LogP contribution in [0.25, 0.3) is 0 Å². The van der Waals surface area contributed by atoms with E-state index in [9.17, 15) is 35.9 Å². The molecular formula is C19H23F6N3O2. The number of anilines is 1. The molecule has 1 aromatic rings. The van der Waals surface area contributed by atoms with Gasteiger partial charge in [0.25, 0.3) is 0 Å². The number of carbonyl (C=O) groups is 2. The number of alkyl halides is 6. The van der Waals surface area contributed by atoms with Crippen LogP contribution in [0.5, 0.6) is 0 Å². The molecule has 30 heavy (non-hydrogen) atoms. The number of rotatable bonds is 5. The Morgan fingerprint density at radius 3 is 2.07 bits per heavy atom. The second-order valence-electron chi connectivity index (χ2n) is 8.04. The van der Waals surface area contributed by atoms with Crippen LogP contribution in [-0.2, 0) is 21.9 Å². The van der Waals surface area contributed by atoms with Gasteiger partial charge in [-0.15, -0.1) is 0 Å². The molecule has 1 atom stereocenters. The summed E-state index contributed by atoms with van der Waals surface area (Å²) in [6, 6.07) is 0.915. The van der Waals surface area contributed by atoms with E-state index in [-0.39, 0.29) is 37.4 Å². The summed E-state index contributed by atoms with van der Waals surface area (Å²) in [7, 11) is 0. The molecule has 2 amide bonds. The van der Waals surface area contributed by atoms with Crippen molar-refractivity contribution in [2.45, 2.75) is 39.0 Å². The zero-order chi connectivity index (χ0) is 22.9. The number of nitrogens with zero attached hydrogens (tertiary/aromatic N) is 1. The van der Waals surface area contributed by atoms with Gasteiger partial charge in [0.2, 0.25) is 11.8 Å². The molecule has 0 bridgehead atoms. The molecular weight excluding hydrogens is 416 g/mol. The van der Waals surface area contributed by atoms with Crippen LogP contribution in [0.2, 0.25) is 0 Å². The zero-order valence-corrected chi connectivity index (χ0v) is 16.5. The average Bonchev–Trinajstić information content (AvgIpc) is 3.07. The number of nitrogens with one attached hydrogen (secondary N) is 1. The maximum atomic E-state index is 12.9. The fourth-order valence-corrected chi connectivity index (χ4v) is 3.20. The third-order valence-corrected chi connectivity index (χ3v) is 5.01. The van der Waals surface area contributed by atoms with Crippen molar-refractivity contribution in [3.8, 4) is 0 Å². The molecule has 0 spiro atoms. The van der Waals surface area contributed by atoms with Crippen LogP contribution in [0.15, 0.2) is 18.2 Å². The Kier molecular flexibility index (Phi) is 6.75. The van der Waals surface area contributed by atoms with Gasteiger partial charge in [0.15, 0.2) is 0 Å². The standard InChI is InChI=1S/C19H23F6N3O2/c1-17(2,10-26)16(30)28-4-3-11(9-28)5-15(29)27-14-7-12(18(20,21)22)6-13(8-14)19(23,24)25/h6-8,11H,3-5,9-10,26H2,1-2H3,(H,27,29). The van der Waals surface area contributed by atoms with E-state index in [2.05, 4.69) is 5.32 Å². The molecule has 0 radical (unpaired) electrons. The molecule has 1 fully saturated rings. The Morgan fingerprint density at radius 1 is 1.07 bits per heavy atom. The number of amides is 2. The first-order valence-electron chi connectivity index (χ1n) is 9.22. The molecule has 1 aliphatic heterocycles. The van der Waals surface area contributed by atoms with Crippen molar-refractivity contribution in [3.05, 3.63) is 29.3 Å². The first kappa shape index (κ1) is 24.0. The predicted molar refractivity (Wildman–Crippen MR) is 97.2 cm³/mol. The molecule has 0 aromatic heterocycles. The predicted octanol–water partition coefficient (Wildman–Crippen LogP) is 3.89. The molecule has 11 heteroatoms. The molecule has 1 heterocycles. The summed E-state index contributed by atoms with van der Waals surface area (Å²) in [4.78, 5) is 26.2. The number of benzene rings is 1. The van der Waals surface area contributed by atoms with Gasteiger partial charge in [-0.25, -0.2) is 0 Å². The van der Waals surface area contributed by atoms with Crippen LogP contribution >= 0.6 is 0 Å². The van der Waals surface area contributed by atoms with E-state index in [1.54, 1.807) is 18.7 Å². The van der Waals surface area contributed by atoms with E-state index in [1.807, 2.05) is 0 Å². The molecule has 3 N–H and O–H groups in total. The first-order chi connectivity index (χ1) is 13.6. The summed E-state index contributed by atoms with van der Waals surface area (Å²) in [6.07, 6.45) is -9.63. The van der Waals surface area contributed by atoms with Crippen LogP contribution in [0.3, 0.4) is 0 Å². The Balaban J connectivity index is 2.07. The van der Waals surface area contributed by atoms with Crippen molar-refractivity contribution in [2.75, 3.05) is 25.0 Å². The second-order valence-corrected chi connectivity index (χ2v) is 8.04. The average molecular weight is 439 g/mol. The van der Waals surface area contributed by atoms with Crippen LogP contribution in [-0.4, -0.2) is 36.3 Å². The molecule has 2 rings (SSSR count). The highest BCUT2D eigenvalue weighted by molar-refractivity contribution is 5.91. The van der Waals surface area contributed by atoms with Gasteiger partial charge in [-0.05, 0) is 44.4 Å². The van der Waals surface area contributed by atoms with Gasteiger partial charge in [-0.2, -0.15) is 26.3 Å². The largest absolute Gasteiger partial charge is 0.416 e. The lowest BCUT2D eigenvalue weighted by Gasteiger charge is -2.28. The summed E-state index contributed by atoms with van der Waals surface area (Å²) in [6.45, 7) is 4.21.